The Bertz CT molecular complexity index is 933. The Morgan fingerprint density at radius 2 is 1.81 bits per heavy atom. The van der Waals surface area contributed by atoms with Crippen LogP contribution in [0.1, 0.15) is 15.2 Å². The molecule has 0 saturated heterocycles. The summed E-state index contributed by atoms with van der Waals surface area (Å²) in [6, 6.07) is 14.8. The van der Waals surface area contributed by atoms with Gasteiger partial charge in [0.25, 0.3) is 5.91 Å². The predicted octanol–water partition coefficient (Wildman–Crippen LogP) is 5.83. The maximum absolute atomic E-state index is 12.5. The van der Waals surface area contributed by atoms with Crippen molar-refractivity contribution in [1.29, 1.82) is 0 Å². The number of rotatable bonds is 7. The summed E-state index contributed by atoms with van der Waals surface area (Å²) in [6.45, 7) is -2.73. The van der Waals surface area contributed by atoms with Gasteiger partial charge in [0, 0.05) is 5.56 Å². The molecule has 27 heavy (non-hydrogen) atoms. The zero-order valence-electron chi connectivity index (χ0n) is 13.8. The van der Waals surface area contributed by atoms with Crippen LogP contribution >= 0.6 is 22.9 Å². The second kappa shape index (κ2) is 8.83. The molecular weight excluding hydrogens is 396 g/mol. The predicted molar refractivity (Wildman–Crippen MR) is 101 cm³/mol. The topological polar surface area (TPSA) is 47.6 Å². The van der Waals surface area contributed by atoms with E-state index in [2.05, 4.69) is 10.1 Å². The summed E-state index contributed by atoms with van der Waals surface area (Å²) in [4.78, 5) is 12.8. The molecular formula is C19H14ClF2NO3S. The van der Waals surface area contributed by atoms with Crippen molar-refractivity contribution in [3.05, 3.63) is 75.4 Å². The Hall–Kier alpha value is -2.64. The second-order valence-corrected chi connectivity index (χ2v) is 6.69. The van der Waals surface area contributed by atoms with Crippen LogP contribution in [0.5, 0.6) is 11.5 Å². The molecule has 4 nitrogen and oxygen atoms in total. The van der Waals surface area contributed by atoms with Gasteiger partial charge in [-0.1, -0.05) is 35.9 Å². The molecule has 0 unspecified atom stereocenters. The number of carbonyl (C=O) groups excluding carboxylic acids is 1. The van der Waals surface area contributed by atoms with Crippen molar-refractivity contribution in [3.8, 4) is 11.5 Å². The number of para-hydroxylation sites is 3. The average molecular weight is 410 g/mol. The number of halogens is 3. The van der Waals surface area contributed by atoms with E-state index in [-0.39, 0.29) is 18.0 Å². The zero-order valence-corrected chi connectivity index (χ0v) is 15.4. The van der Waals surface area contributed by atoms with Crippen molar-refractivity contribution in [3.63, 3.8) is 0 Å². The first kappa shape index (κ1) is 19.1. The average Bonchev–Trinajstić information content (AvgIpc) is 3.11. The molecule has 1 amide bonds. The summed E-state index contributed by atoms with van der Waals surface area (Å²) in [7, 11) is 0. The number of thiophene rings is 1. The molecule has 0 saturated carbocycles. The van der Waals surface area contributed by atoms with E-state index in [4.69, 9.17) is 16.3 Å². The van der Waals surface area contributed by atoms with E-state index in [0.29, 0.717) is 15.6 Å². The van der Waals surface area contributed by atoms with Gasteiger partial charge < -0.3 is 14.8 Å². The summed E-state index contributed by atoms with van der Waals surface area (Å²) in [5.41, 5.74) is 0.965. The van der Waals surface area contributed by atoms with Crippen LogP contribution in [0.15, 0.2) is 60.0 Å². The summed E-state index contributed by atoms with van der Waals surface area (Å²) < 4.78 is 35.0. The van der Waals surface area contributed by atoms with E-state index in [9.17, 15) is 13.6 Å². The van der Waals surface area contributed by atoms with Gasteiger partial charge in [-0.05, 0) is 35.7 Å². The number of ether oxygens (including phenoxy) is 2. The first-order valence-corrected chi connectivity index (χ1v) is 9.08. The molecule has 0 aliphatic rings. The lowest BCUT2D eigenvalue weighted by Gasteiger charge is -2.10. The number of nitrogens with one attached hydrogen (secondary N) is 1. The van der Waals surface area contributed by atoms with Crippen molar-refractivity contribution in [2.75, 3.05) is 5.32 Å². The lowest BCUT2D eigenvalue weighted by Crippen LogP contribution is -2.12. The lowest BCUT2D eigenvalue weighted by atomic mass is 10.2. The van der Waals surface area contributed by atoms with Crippen molar-refractivity contribution in [1.82, 2.24) is 0 Å². The van der Waals surface area contributed by atoms with Gasteiger partial charge in [0.05, 0.1) is 15.6 Å². The van der Waals surface area contributed by atoms with Crippen molar-refractivity contribution < 1.29 is 23.0 Å². The highest BCUT2D eigenvalue weighted by molar-refractivity contribution is 7.12. The normalized spacial score (nSPS) is 10.7. The Labute approximate surface area is 163 Å². The van der Waals surface area contributed by atoms with Crippen LogP contribution < -0.4 is 14.8 Å². The fourth-order valence-electron chi connectivity index (χ4n) is 2.25. The van der Waals surface area contributed by atoms with E-state index in [1.807, 2.05) is 6.07 Å². The van der Waals surface area contributed by atoms with Crippen molar-refractivity contribution >= 4 is 34.5 Å². The van der Waals surface area contributed by atoms with E-state index in [0.717, 1.165) is 5.56 Å². The molecule has 2 aromatic carbocycles. The zero-order chi connectivity index (χ0) is 19.2. The highest BCUT2D eigenvalue weighted by Crippen LogP contribution is 2.28. The third kappa shape index (κ3) is 5.18. The Morgan fingerprint density at radius 3 is 2.56 bits per heavy atom. The summed E-state index contributed by atoms with van der Waals surface area (Å²) >= 11 is 7.26. The molecule has 3 aromatic rings. The quantitative estimate of drug-likeness (QED) is 0.533. The first-order valence-electron chi connectivity index (χ1n) is 7.83. The number of hydrogen-bond acceptors (Lipinski definition) is 4. The van der Waals surface area contributed by atoms with E-state index in [1.54, 1.807) is 41.8 Å². The molecule has 140 valence electrons. The molecule has 3 rings (SSSR count). The monoisotopic (exact) mass is 409 g/mol. The van der Waals surface area contributed by atoms with Gasteiger partial charge in [0.2, 0.25) is 0 Å². The minimum Gasteiger partial charge on any atom is -0.487 e. The van der Waals surface area contributed by atoms with Crippen LogP contribution in [0.3, 0.4) is 0 Å². The third-order valence-corrected chi connectivity index (χ3v) is 4.75. The maximum atomic E-state index is 12.5. The van der Waals surface area contributed by atoms with Gasteiger partial charge in [-0.3, -0.25) is 4.79 Å². The third-order valence-electron chi connectivity index (χ3n) is 3.46. The fraction of sp³-hybridized carbons (Fsp3) is 0.105. The Morgan fingerprint density at radius 1 is 1.11 bits per heavy atom. The van der Waals surface area contributed by atoms with E-state index >= 15 is 0 Å². The van der Waals surface area contributed by atoms with E-state index in [1.165, 1.54) is 23.5 Å². The SMILES string of the molecule is O=C(Nc1ccccc1OC(F)F)c1cc(COc2ccccc2Cl)cs1. The lowest BCUT2D eigenvalue weighted by molar-refractivity contribution is -0.0493. The molecule has 1 aromatic heterocycles. The second-order valence-electron chi connectivity index (χ2n) is 5.37. The highest BCUT2D eigenvalue weighted by atomic mass is 35.5. The first-order chi connectivity index (χ1) is 13.0. The summed E-state index contributed by atoms with van der Waals surface area (Å²) in [5, 5.41) is 4.87. The van der Waals surface area contributed by atoms with E-state index < -0.39 is 12.5 Å². The molecule has 0 fully saturated rings. The van der Waals surface area contributed by atoms with Gasteiger partial charge in [0.15, 0.2) is 0 Å². The molecule has 8 heteroatoms. The van der Waals surface area contributed by atoms with Crippen molar-refractivity contribution in [2.45, 2.75) is 13.2 Å². The minimum absolute atomic E-state index is 0.0975. The van der Waals surface area contributed by atoms with Crippen molar-refractivity contribution in [2.24, 2.45) is 0 Å². The van der Waals surface area contributed by atoms with Crippen LogP contribution in [-0.2, 0) is 6.61 Å². The molecule has 1 heterocycles. The standard InChI is InChI=1S/C19H14ClF2NO3S/c20-13-5-1-3-7-15(13)25-10-12-9-17(27-11-12)18(24)23-14-6-2-4-8-16(14)26-19(21)22/h1-9,11,19H,10H2,(H,23,24). The van der Waals surface area contributed by atoms with Gasteiger partial charge in [0.1, 0.15) is 18.1 Å². The molecule has 0 atom stereocenters. The molecule has 0 spiro atoms. The molecule has 0 aliphatic heterocycles. The Kier molecular flexibility index (Phi) is 6.26. The Balaban J connectivity index is 1.64. The van der Waals surface area contributed by atoms with Gasteiger partial charge in [-0.15, -0.1) is 11.3 Å². The minimum atomic E-state index is -2.97. The van der Waals surface area contributed by atoms with Crippen LogP contribution in [0, 0.1) is 0 Å². The van der Waals surface area contributed by atoms with Crippen LogP contribution in [-0.4, -0.2) is 12.5 Å². The summed E-state index contributed by atoms with van der Waals surface area (Å²) in [6.07, 6.45) is 0. The number of hydrogen-bond donors (Lipinski definition) is 1. The van der Waals surface area contributed by atoms with Crippen LogP contribution in [0.2, 0.25) is 5.02 Å². The molecule has 0 bridgehead atoms. The smallest absolute Gasteiger partial charge is 0.387 e. The number of amides is 1. The number of benzene rings is 2. The molecule has 0 radical (unpaired) electrons. The largest absolute Gasteiger partial charge is 0.487 e. The molecule has 0 aliphatic carbocycles. The molecule has 1 N–H and O–H groups in total. The fourth-order valence-corrected chi connectivity index (χ4v) is 3.23. The van der Waals surface area contributed by atoms with Gasteiger partial charge in [-0.25, -0.2) is 0 Å². The van der Waals surface area contributed by atoms with Gasteiger partial charge in [-0.2, -0.15) is 8.78 Å². The number of alkyl halides is 2. The maximum Gasteiger partial charge on any atom is 0.387 e. The number of carbonyl (C=O) groups is 1. The van der Waals surface area contributed by atoms with Crippen LogP contribution in [0.4, 0.5) is 14.5 Å². The van der Waals surface area contributed by atoms with Crippen LogP contribution in [0.25, 0.3) is 0 Å². The highest BCUT2D eigenvalue weighted by Gasteiger charge is 2.14. The number of anilines is 1. The summed E-state index contributed by atoms with van der Waals surface area (Å²) in [5.74, 6) is 0.0310. The van der Waals surface area contributed by atoms with Gasteiger partial charge >= 0.3 is 6.61 Å².